The lowest BCUT2D eigenvalue weighted by Gasteiger charge is -2.28. The number of alkyl halides is 2. The molecule has 1 saturated heterocycles. The van der Waals surface area contributed by atoms with Crippen LogP contribution in [-0.2, 0) is 4.79 Å². The standard InChI is InChI=1S/C8H13ClFNO/c9-4-3-8(12)11-5-1-2-7(10)6-11/h7H,1-6H2/t7-/m1/s1. The van der Waals surface area contributed by atoms with Crippen molar-refractivity contribution in [3.05, 3.63) is 0 Å². The lowest BCUT2D eigenvalue weighted by atomic mass is 10.1. The second kappa shape index (κ2) is 4.65. The van der Waals surface area contributed by atoms with Gasteiger partial charge in [0.1, 0.15) is 6.17 Å². The average molecular weight is 194 g/mol. The van der Waals surface area contributed by atoms with E-state index >= 15 is 0 Å². The molecule has 0 radical (unpaired) electrons. The summed E-state index contributed by atoms with van der Waals surface area (Å²) in [7, 11) is 0. The molecule has 12 heavy (non-hydrogen) atoms. The zero-order valence-corrected chi connectivity index (χ0v) is 7.69. The van der Waals surface area contributed by atoms with Crippen molar-refractivity contribution in [3.8, 4) is 0 Å². The molecule has 1 amide bonds. The minimum absolute atomic E-state index is 0.0210. The number of hydrogen-bond donors (Lipinski definition) is 0. The van der Waals surface area contributed by atoms with Crippen LogP contribution in [-0.4, -0.2) is 35.9 Å². The van der Waals surface area contributed by atoms with Crippen molar-refractivity contribution < 1.29 is 9.18 Å². The fraction of sp³-hybridized carbons (Fsp3) is 0.875. The number of carbonyl (C=O) groups excluding carboxylic acids is 1. The first-order valence-corrected chi connectivity index (χ1v) is 4.75. The predicted octanol–water partition coefficient (Wildman–Crippen LogP) is 1.58. The smallest absolute Gasteiger partial charge is 0.223 e. The fourth-order valence-corrected chi connectivity index (χ4v) is 1.55. The molecule has 2 nitrogen and oxygen atoms in total. The molecule has 1 fully saturated rings. The average Bonchev–Trinajstić information content (AvgIpc) is 2.05. The molecule has 1 aliphatic rings. The largest absolute Gasteiger partial charge is 0.340 e. The van der Waals surface area contributed by atoms with Crippen LogP contribution in [0.3, 0.4) is 0 Å². The maximum absolute atomic E-state index is 12.8. The Kier molecular flexibility index (Phi) is 3.79. The van der Waals surface area contributed by atoms with Gasteiger partial charge in [0.2, 0.25) is 5.91 Å². The summed E-state index contributed by atoms with van der Waals surface area (Å²) < 4.78 is 12.8. The number of nitrogens with zero attached hydrogens (tertiary/aromatic N) is 1. The van der Waals surface area contributed by atoms with Crippen LogP contribution in [0.2, 0.25) is 0 Å². The summed E-state index contributed by atoms with van der Waals surface area (Å²) in [4.78, 5) is 12.8. The van der Waals surface area contributed by atoms with E-state index < -0.39 is 6.17 Å². The summed E-state index contributed by atoms with van der Waals surface area (Å²) in [6.45, 7) is 0.950. The number of hydrogen-bond acceptors (Lipinski definition) is 1. The molecule has 70 valence electrons. The molecule has 0 unspecified atom stereocenters. The molecular formula is C8H13ClFNO. The zero-order chi connectivity index (χ0) is 8.97. The third-order valence-corrected chi connectivity index (χ3v) is 2.21. The van der Waals surface area contributed by atoms with Crippen molar-refractivity contribution in [1.82, 2.24) is 4.90 Å². The van der Waals surface area contributed by atoms with E-state index in [-0.39, 0.29) is 12.5 Å². The van der Waals surface area contributed by atoms with Gasteiger partial charge in [-0.3, -0.25) is 4.79 Å². The maximum atomic E-state index is 12.8. The van der Waals surface area contributed by atoms with Crippen LogP contribution >= 0.6 is 11.6 Å². The molecule has 0 aromatic rings. The summed E-state index contributed by atoms with van der Waals surface area (Å²) >= 11 is 5.41. The van der Waals surface area contributed by atoms with Gasteiger partial charge >= 0.3 is 0 Å². The Morgan fingerprint density at radius 2 is 2.42 bits per heavy atom. The van der Waals surface area contributed by atoms with Crippen LogP contribution in [0, 0.1) is 0 Å². The number of rotatable bonds is 2. The molecular weight excluding hydrogens is 181 g/mol. The number of carbonyl (C=O) groups is 1. The first-order valence-electron chi connectivity index (χ1n) is 4.22. The Labute approximate surface area is 76.7 Å². The lowest BCUT2D eigenvalue weighted by molar-refractivity contribution is -0.132. The molecule has 0 aliphatic carbocycles. The van der Waals surface area contributed by atoms with E-state index in [1.54, 1.807) is 4.90 Å². The third-order valence-electron chi connectivity index (χ3n) is 2.02. The van der Waals surface area contributed by atoms with Crippen molar-refractivity contribution in [2.24, 2.45) is 0 Å². The number of piperidine rings is 1. The quantitative estimate of drug-likeness (QED) is 0.610. The molecule has 0 spiro atoms. The molecule has 1 aliphatic heterocycles. The zero-order valence-electron chi connectivity index (χ0n) is 6.93. The molecule has 0 aromatic carbocycles. The summed E-state index contributed by atoms with van der Waals surface area (Å²) in [6.07, 6.45) is 0.853. The SMILES string of the molecule is O=C(CCCl)N1CCC[C@@H](F)C1. The number of amides is 1. The maximum Gasteiger partial charge on any atom is 0.223 e. The van der Waals surface area contributed by atoms with Gasteiger partial charge in [0.25, 0.3) is 0 Å². The molecule has 1 atom stereocenters. The van der Waals surface area contributed by atoms with Crippen molar-refractivity contribution in [2.45, 2.75) is 25.4 Å². The van der Waals surface area contributed by atoms with Gasteiger partial charge in [-0.25, -0.2) is 4.39 Å². The number of halogens is 2. The van der Waals surface area contributed by atoms with E-state index in [4.69, 9.17) is 11.6 Å². The Morgan fingerprint density at radius 3 is 3.00 bits per heavy atom. The highest BCUT2D eigenvalue weighted by atomic mass is 35.5. The summed E-state index contributed by atoms with van der Waals surface area (Å²) in [5.41, 5.74) is 0. The lowest BCUT2D eigenvalue weighted by Crippen LogP contribution is -2.40. The Balaban J connectivity index is 2.35. The topological polar surface area (TPSA) is 20.3 Å². The minimum atomic E-state index is -0.835. The van der Waals surface area contributed by atoms with Crippen LogP contribution in [0.15, 0.2) is 0 Å². The molecule has 0 aromatic heterocycles. The first-order chi connectivity index (χ1) is 5.74. The first kappa shape index (κ1) is 9.78. The van der Waals surface area contributed by atoms with Gasteiger partial charge in [0.05, 0.1) is 6.54 Å². The summed E-state index contributed by atoms with van der Waals surface area (Å²) in [5.74, 6) is 0.305. The highest BCUT2D eigenvalue weighted by molar-refractivity contribution is 6.18. The van der Waals surface area contributed by atoms with Crippen molar-refractivity contribution in [1.29, 1.82) is 0 Å². The second-order valence-corrected chi connectivity index (χ2v) is 3.40. The Bertz CT molecular complexity index is 165. The van der Waals surface area contributed by atoms with Gasteiger partial charge in [0.15, 0.2) is 0 Å². The van der Waals surface area contributed by atoms with Crippen LogP contribution < -0.4 is 0 Å². The van der Waals surface area contributed by atoms with Crippen LogP contribution in [0.1, 0.15) is 19.3 Å². The highest BCUT2D eigenvalue weighted by Crippen LogP contribution is 2.13. The fourth-order valence-electron chi connectivity index (χ4n) is 1.39. The van der Waals surface area contributed by atoms with Gasteiger partial charge < -0.3 is 4.90 Å². The van der Waals surface area contributed by atoms with Crippen LogP contribution in [0.5, 0.6) is 0 Å². The normalized spacial score (nSPS) is 24.2. The molecule has 0 bridgehead atoms. The van der Waals surface area contributed by atoms with Crippen molar-refractivity contribution >= 4 is 17.5 Å². The van der Waals surface area contributed by atoms with E-state index in [1.165, 1.54) is 0 Å². The molecule has 0 N–H and O–H groups in total. The van der Waals surface area contributed by atoms with E-state index in [9.17, 15) is 9.18 Å². The number of likely N-dealkylation sites (tertiary alicyclic amines) is 1. The van der Waals surface area contributed by atoms with Crippen LogP contribution in [0.4, 0.5) is 4.39 Å². The molecule has 1 rings (SSSR count). The predicted molar refractivity (Wildman–Crippen MR) is 46.0 cm³/mol. The van der Waals surface area contributed by atoms with Crippen molar-refractivity contribution in [2.75, 3.05) is 19.0 Å². The molecule has 0 saturated carbocycles. The van der Waals surface area contributed by atoms with Crippen molar-refractivity contribution in [3.63, 3.8) is 0 Å². The van der Waals surface area contributed by atoms with Gasteiger partial charge in [-0.2, -0.15) is 0 Å². The third kappa shape index (κ3) is 2.63. The minimum Gasteiger partial charge on any atom is -0.340 e. The van der Waals surface area contributed by atoms with Crippen LogP contribution in [0.25, 0.3) is 0 Å². The summed E-state index contributed by atoms with van der Waals surface area (Å²) in [6, 6.07) is 0. The molecule has 4 heteroatoms. The highest BCUT2D eigenvalue weighted by Gasteiger charge is 2.22. The van der Waals surface area contributed by atoms with E-state index in [0.29, 0.717) is 25.3 Å². The Morgan fingerprint density at radius 1 is 1.67 bits per heavy atom. The van der Waals surface area contributed by atoms with Gasteiger partial charge in [-0.15, -0.1) is 11.6 Å². The van der Waals surface area contributed by atoms with E-state index in [2.05, 4.69) is 0 Å². The van der Waals surface area contributed by atoms with Gasteiger partial charge in [0, 0.05) is 18.8 Å². The summed E-state index contributed by atoms with van der Waals surface area (Å²) in [5, 5.41) is 0. The Hall–Kier alpha value is -0.310. The van der Waals surface area contributed by atoms with Gasteiger partial charge in [-0.1, -0.05) is 0 Å². The van der Waals surface area contributed by atoms with Gasteiger partial charge in [-0.05, 0) is 12.8 Å². The van der Waals surface area contributed by atoms with E-state index in [0.717, 1.165) is 6.42 Å². The monoisotopic (exact) mass is 193 g/mol. The second-order valence-electron chi connectivity index (χ2n) is 3.02. The van der Waals surface area contributed by atoms with E-state index in [1.807, 2.05) is 0 Å². The molecule has 1 heterocycles.